The van der Waals surface area contributed by atoms with Crippen LogP contribution in [0.1, 0.15) is 12.8 Å². The molecule has 5 nitrogen and oxygen atoms in total. The molecule has 0 radical (unpaired) electrons. The normalized spacial score (nSPS) is 22.3. The number of likely N-dealkylation sites (tertiary alicyclic amines) is 1. The van der Waals surface area contributed by atoms with Crippen LogP contribution >= 0.6 is 11.8 Å². The van der Waals surface area contributed by atoms with E-state index < -0.39 is 38.4 Å². The standard InChI is InChI=1S/C14H15F3N2O3S2/c15-9-5-11(17)13(6-10(9)16)24(21,22)19-8-23-7-12(19)14(20)18-3-1-2-4-18/h5-6,12H,1-4,7-8H2. The van der Waals surface area contributed by atoms with E-state index in [-0.39, 0.29) is 23.6 Å². The Labute approximate surface area is 141 Å². The Morgan fingerprint density at radius 2 is 1.71 bits per heavy atom. The molecule has 1 atom stereocenters. The third kappa shape index (κ3) is 3.02. The summed E-state index contributed by atoms with van der Waals surface area (Å²) in [5.74, 6) is -4.41. The number of benzene rings is 1. The fourth-order valence-corrected chi connectivity index (χ4v) is 6.03. The van der Waals surface area contributed by atoms with Crippen LogP contribution < -0.4 is 0 Å². The first-order valence-electron chi connectivity index (χ1n) is 7.35. The zero-order chi connectivity index (χ0) is 17.5. The largest absolute Gasteiger partial charge is 0.341 e. The first-order valence-corrected chi connectivity index (χ1v) is 9.95. The lowest BCUT2D eigenvalue weighted by Gasteiger charge is -2.26. The molecule has 132 valence electrons. The van der Waals surface area contributed by atoms with Crippen molar-refractivity contribution in [2.45, 2.75) is 23.8 Å². The lowest BCUT2D eigenvalue weighted by molar-refractivity contribution is -0.133. The number of thioether (sulfide) groups is 1. The number of rotatable bonds is 3. The van der Waals surface area contributed by atoms with Gasteiger partial charge in [0.25, 0.3) is 0 Å². The molecule has 1 unspecified atom stereocenters. The number of carbonyl (C=O) groups excluding carboxylic acids is 1. The van der Waals surface area contributed by atoms with Gasteiger partial charge < -0.3 is 4.90 Å². The van der Waals surface area contributed by atoms with Crippen LogP contribution in [0.15, 0.2) is 17.0 Å². The lowest BCUT2D eigenvalue weighted by Crippen LogP contribution is -2.48. The molecule has 1 aromatic carbocycles. The average molecular weight is 380 g/mol. The van der Waals surface area contributed by atoms with Crippen LogP contribution in [0.4, 0.5) is 13.2 Å². The van der Waals surface area contributed by atoms with Crippen LogP contribution in [-0.4, -0.2) is 54.3 Å². The van der Waals surface area contributed by atoms with E-state index in [1.165, 1.54) is 11.8 Å². The molecule has 0 bridgehead atoms. The molecule has 24 heavy (non-hydrogen) atoms. The smallest absolute Gasteiger partial charge is 0.247 e. The van der Waals surface area contributed by atoms with E-state index in [1.54, 1.807) is 4.90 Å². The highest BCUT2D eigenvalue weighted by Crippen LogP contribution is 2.31. The van der Waals surface area contributed by atoms with Gasteiger partial charge in [0.05, 0.1) is 5.88 Å². The molecule has 1 aromatic rings. The highest BCUT2D eigenvalue weighted by Gasteiger charge is 2.43. The topological polar surface area (TPSA) is 57.7 Å². The van der Waals surface area contributed by atoms with Gasteiger partial charge in [0, 0.05) is 24.9 Å². The van der Waals surface area contributed by atoms with Gasteiger partial charge in [0.15, 0.2) is 11.6 Å². The maximum Gasteiger partial charge on any atom is 0.247 e. The first kappa shape index (κ1) is 17.6. The van der Waals surface area contributed by atoms with Gasteiger partial charge in [0.1, 0.15) is 16.8 Å². The Morgan fingerprint density at radius 1 is 1.08 bits per heavy atom. The van der Waals surface area contributed by atoms with Gasteiger partial charge in [-0.3, -0.25) is 4.79 Å². The van der Waals surface area contributed by atoms with Gasteiger partial charge in [-0.25, -0.2) is 21.6 Å². The van der Waals surface area contributed by atoms with Gasteiger partial charge in [-0.2, -0.15) is 4.31 Å². The van der Waals surface area contributed by atoms with E-state index in [4.69, 9.17) is 0 Å². The minimum atomic E-state index is -4.45. The SMILES string of the molecule is O=C(C1CSCN1S(=O)(=O)c1cc(F)c(F)cc1F)N1CCCC1. The second-order valence-electron chi connectivity index (χ2n) is 5.64. The van der Waals surface area contributed by atoms with Crippen LogP contribution in [0.25, 0.3) is 0 Å². The van der Waals surface area contributed by atoms with Crippen molar-refractivity contribution in [1.29, 1.82) is 0 Å². The molecule has 2 heterocycles. The molecule has 0 N–H and O–H groups in total. The number of hydrogen-bond acceptors (Lipinski definition) is 4. The quantitative estimate of drug-likeness (QED) is 0.751. The second-order valence-corrected chi connectivity index (χ2v) is 8.50. The summed E-state index contributed by atoms with van der Waals surface area (Å²) >= 11 is 1.22. The Kier molecular flexibility index (Phi) is 4.80. The van der Waals surface area contributed by atoms with E-state index in [1.807, 2.05) is 0 Å². The Morgan fingerprint density at radius 3 is 2.38 bits per heavy atom. The lowest BCUT2D eigenvalue weighted by atomic mass is 10.3. The molecular weight excluding hydrogens is 365 g/mol. The summed E-state index contributed by atoms with van der Waals surface area (Å²) in [6, 6.07) is -0.436. The zero-order valence-electron chi connectivity index (χ0n) is 12.5. The third-order valence-electron chi connectivity index (χ3n) is 4.11. The highest BCUT2D eigenvalue weighted by molar-refractivity contribution is 8.00. The Bertz CT molecular complexity index is 767. The van der Waals surface area contributed by atoms with E-state index in [0.29, 0.717) is 19.2 Å². The number of carbonyl (C=O) groups is 1. The molecule has 1 amide bonds. The zero-order valence-corrected chi connectivity index (χ0v) is 14.2. The molecule has 0 saturated carbocycles. The molecule has 2 saturated heterocycles. The summed E-state index contributed by atoms with van der Waals surface area (Å²) in [7, 11) is -4.45. The van der Waals surface area contributed by atoms with Crippen molar-refractivity contribution in [1.82, 2.24) is 9.21 Å². The van der Waals surface area contributed by atoms with Gasteiger partial charge in [-0.15, -0.1) is 11.8 Å². The summed E-state index contributed by atoms with van der Waals surface area (Å²) in [6.45, 7) is 1.13. The van der Waals surface area contributed by atoms with Crippen LogP contribution in [0.2, 0.25) is 0 Å². The molecule has 0 spiro atoms. The van der Waals surface area contributed by atoms with Crippen LogP contribution in [0.3, 0.4) is 0 Å². The fraction of sp³-hybridized carbons (Fsp3) is 0.500. The van der Waals surface area contributed by atoms with Gasteiger partial charge in [-0.1, -0.05) is 0 Å². The third-order valence-corrected chi connectivity index (χ3v) is 7.15. The predicted molar refractivity (Wildman–Crippen MR) is 82.3 cm³/mol. The maximum atomic E-state index is 13.9. The molecule has 2 aliphatic rings. The van der Waals surface area contributed by atoms with Crippen molar-refractivity contribution >= 4 is 27.7 Å². The van der Waals surface area contributed by atoms with E-state index in [9.17, 15) is 26.4 Å². The summed E-state index contributed by atoms with van der Waals surface area (Å²) in [4.78, 5) is 13.1. The fourth-order valence-electron chi connectivity index (χ4n) is 2.84. The first-order chi connectivity index (χ1) is 11.3. The molecule has 2 aliphatic heterocycles. The van der Waals surface area contributed by atoms with Crippen molar-refractivity contribution < 1.29 is 26.4 Å². The van der Waals surface area contributed by atoms with E-state index in [2.05, 4.69) is 0 Å². The molecule has 10 heteroatoms. The van der Waals surface area contributed by atoms with Crippen molar-refractivity contribution in [3.05, 3.63) is 29.6 Å². The van der Waals surface area contributed by atoms with Gasteiger partial charge >= 0.3 is 0 Å². The van der Waals surface area contributed by atoms with Crippen molar-refractivity contribution in [3.63, 3.8) is 0 Å². The van der Waals surface area contributed by atoms with Crippen LogP contribution in [0, 0.1) is 17.5 Å². The summed E-state index contributed by atoms with van der Waals surface area (Å²) < 4.78 is 66.5. The van der Waals surface area contributed by atoms with E-state index >= 15 is 0 Å². The molecule has 3 rings (SSSR count). The number of amides is 1. The van der Waals surface area contributed by atoms with Crippen LogP contribution in [0.5, 0.6) is 0 Å². The summed E-state index contributed by atoms with van der Waals surface area (Å²) in [5.41, 5.74) is 0. The number of sulfonamides is 1. The van der Waals surface area contributed by atoms with Gasteiger partial charge in [-0.05, 0) is 18.9 Å². The van der Waals surface area contributed by atoms with Crippen molar-refractivity contribution in [2.75, 3.05) is 24.7 Å². The van der Waals surface area contributed by atoms with Crippen LogP contribution in [-0.2, 0) is 14.8 Å². The number of halogens is 3. The maximum absolute atomic E-state index is 13.9. The molecule has 0 aromatic heterocycles. The average Bonchev–Trinajstić information content (AvgIpc) is 3.20. The van der Waals surface area contributed by atoms with E-state index in [0.717, 1.165) is 17.1 Å². The second kappa shape index (κ2) is 6.57. The summed E-state index contributed by atoms with van der Waals surface area (Å²) in [5, 5.41) is 0. The molecule has 0 aliphatic carbocycles. The Balaban J connectivity index is 1.93. The summed E-state index contributed by atoms with van der Waals surface area (Å²) in [6.07, 6.45) is 1.71. The highest BCUT2D eigenvalue weighted by atomic mass is 32.2. The minimum Gasteiger partial charge on any atom is -0.341 e. The number of nitrogens with zero attached hydrogens (tertiary/aromatic N) is 2. The van der Waals surface area contributed by atoms with Crippen molar-refractivity contribution in [3.8, 4) is 0 Å². The van der Waals surface area contributed by atoms with Crippen molar-refractivity contribution in [2.24, 2.45) is 0 Å². The monoisotopic (exact) mass is 380 g/mol. The van der Waals surface area contributed by atoms with Gasteiger partial charge in [0.2, 0.25) is 15.9 Å². The Hall–Kier alpha value is -1.26. The number of hydrogen-bond donors (Lipinski definition) is 0. The molecule has 2 fully saturated rings. The predicted octanol–water partition coefficient (Wildman–Crippen LogP) is 1.79. The minimum absolute atomic E-state index is 0.0367. The molecular formula is C14H15F3N2O3S2.